The van der Waals surface area contributed by atoms with Gasteiger partial charge in [-0.25, -0.2) is 0 Å². The molecule has 0 N–H and O–H groups in total. The maximum absolute atomic E-state index is 11.5. The molecule has 238 valence electrons. The summed E-state index contributed by atoms with van der Waals surface area (Å²) in [7, 11) is 0. The van der Waals surface area contributed by atoms with Crippen molar-refractivity contribution >= 4 is 5.97 Å². The van der Waals surface area contributed by atoms with Crippen molar-refractivity contribution in [2.75, 3.05) is 79.3 Å². The molecule has 0 atom stereocenters. The first-order valence-corrected chi connectivity index (χ1v) is 16.0. The molecular weight excluding hydrogens is 524 g/mol. The molecule has 0 radical (unpaired) electrons. The van der Waals surface area contributed by atoms with Crippen molar-refractivity contribution in [3.63, 3.8) is 0 Å². The fraction of sp³-hybridized carbons (Fsp3) is 0.788. The summed E-state index contributed by atoms with van der Waals surface area (Å²) in [5.74, 6) is 0.742. The van der Waals surface area contributed by atoms with Gasteiger partial charge in [0, 0.05) is 6.42 Å². The van der Waals surface area contributed by atoms with E-state index in [1.165, 1.54) is 44.1 Å². The van der Waals surface area contributed by atoms with Gasteiger partial charge in [0.1, 0.15) is 19.0 Å². The summed E-state index contributed by atoms with van der Waals surface area (Å²) >= 11 is 0. The normalized spacial score (nSPS) is 11.2. The van der Waals surface area contributed by atoms with Crippen LogP contribution >= 0.6 is 0 Å². The van der Waals surface area contributed by atoms with E-state index in [2.05, 4.69) is 26.0 Å². The number of rotatable bonds is 31. The molecule has 0 aliphatic carbocycles. The average molecular weight is 583 g/mol. The Balaban J connectivity index is 1.77. The fourth-order valence-corrected chi connectivity index (χ4v) is 4.04. The topological polar surface area (TPSA) is 81.7 Å². The second kappa shape index (κ2) is 29.8. The summed E-state index contributed by atoms with van der Waals surface area (Å²) in [6.45, 7) is 10.2. The number of ether oxygens (including phenoxy) is 7. The van der Waals surface area contributed by atoms with Gasteiger partial charge in [-0.15, -0.1) is 0 Å². The number of unbranched alkanes of at least 4 members (excludes halogenated alkanes) is 8. The van der Waals surface area contributed by atoms with Crippen LogP contribution in [0.15, 0.2) is 24.3 Å². The zero-order valence-electron chi connectivity index (χ0n) is 26.0. The zero-order chi connectivity index (χ0) is 29.5. The maximum Gasteiger partial charge on any atom is 0.305 e. The van der Waals surface area contributed by atoms with Crippen LogP contribution in [0.5, 0.6) is 5.75 Å². The summed E-state index contributed by atoms with van der Waals surface area (Å²) in [5, 5.41) is 0. The van der Waals surface area contributed by atoms with Crippen LogP contribution in [0.3, 0.4) is 0 Å². The maximum atomic E-state index is 11.5. The Kier molecular flexibility index (Phi) is 27.1. The number of esters is 1. The highest BCUT2D eigenvalue weighted by Gasteiger charge is 2.02. The molecule has 1 rings (SSSR count). The van der Waals surface area contributed by atoms with Crippen LogP contribution < -0.4 is 4.74 Å². The minimum atomic E-state index is -0.144. The second-order valence-corrected chi connectivity index (χ2v) is 10.1. The van der Waals surface area contributed by atoms with Crippen LogP contribution in [-0.4, -0.2) is 85.3 Å². The molecule has 8 heteroatoms. The summed E-state index contributed by atoms with van der Waals surface area (Å²) in [6.07, 6.45) is 13.9. The fourth-order valence-electron chi connectivity index (χ4n) is 4.04. The number of hydrogen-bond acceptors (Lipinski definition) is 8. The van der Waals surface area contributed by atoms with Crippen molar-refractivity contribution in [1.82, 2.24) is 0 Å². The van der Waals surface area contributed by atoms with Crippen LogP contribution in [0, 0.1) is 0 Å². The lowest BCUT2D eigenvalue weighted by Gasteiger charge is -2.09. The van der Waals surface area contributed by atoms with E-state index < -0.39 is 0 Å². The Labute approximate surface area is 249 Å². The summed E-state index contributed by atoms with van der Waals surface area (Å²) < 4.78 is 38.3. The molecule has 0 saturated heterocycles. The van der Waals surface area contributed by atoms with Gasteiger partial charge in [0.25, 0.3) is 0 Å². The Morgan fingerprint density at radius 1 is 0.512 bits per heavy atom. The minimum Gasteiger partial charge on any atom is -0.491 e. The largest absolute Gasteiger partial charge is 0.491 e. The van der Waals surface area contributed by atoms with Gasteiger partial charge in [-0.05, 0) is 37.0 Å². The van der Waals surface area contributed by atoms with E-state index in [1.807, 2.05) is 12.1 Å². The Morgan fingerprint density at radius 2 is 0.951 bits per heavy atom. The highest BCUT2D eigenvalue weighted by molar-refractivity contribution is 5.69. The van der Waals surface area contributed by atoms with E-state index in [0.29, 0.717) is 85.7 Å². The van der Waals surface area contributed by atoms with Crippen LogP contribution in [-0.2, 0) is 39.6 Å². The van der Waals surface area contributed by atoms with Gasteiger partial charge < -0.3 is 33.2 Å². The lowest BCUT2D eigenvalue weighted by Crippen LogP contribution is -2.15. The SMILES string of the molecule is CCCCCCCCc1ccc(OCCOCCOCCOCCOCCOCCOC(=O)CCCCCC)cc1. The smallest absolute Gasteiger partial charge is 0.305 e. The average Bonchev–Trinajstić information content (AvgIpc) is 2.99. The van der Waals surface area contributed by atoms with E-state index in [0.717, 1.165) is 37.9 Å². The molecule has 0 aromatic heterocycles. The predicted octanol–water partition coefficient (Wildman–Crippen LogP) is 6.57. The van der Waals surface area contributed by atoms with Crippen molar-refractivity contribution < 1.29 is 38.0 Å². The highest BCUT2D eigenvalue weighted by atomic mass is 16.6. The van der Waals surface area contributed by atoms with Crippen molar-refractivity contribution in [2.45, 2.75) is 90.9 Å². The highest BCUT2D eigenvalue weighted by Crippen LogP contribution is 2.15. The van der Waals surface area contributed by atoms with Crippen LogP contribution in [0.2, 0.25) is 0 Å². The Bertz CT molecular complexity index is 682. The molecule has 1 aromatic rings. The molecular formula is C33H58O8. The second-order valence-electron chi connectivity index (χ2n) is 10.1. The van der Waals surface area contributed by atoms with Gasteiger partial charge in [-0.2, -0.15) is 0 Å². The van der Waals surface area contributed by atoms with E-state index in [1.54, 1.807) is 0 Å². The number of carbonyl (C=O) groups is 1. The predicted molar refractivity (Wildman–Crippen MR) is 163 cm³/mol. The third kappa shape index (κ3) is 25.7. The summed E-state index contributed by atoms with van der Waals surface area (Å²) in [6, 6.07) is 8.43. The molecule has 0 unspecified atom stereocenters. The molecule has 0 heterocycles. The molecule has 0 saturated carbocycles. The first-order chi connectivity index (χ1) is 20.3. The van der Waals surface area contributed by atoms with Gasteiger partial charge in [-0.1, -0.05) is 77.3 Å². The number of hydrogen-bond donors (Lipinski definition) is 0. The first kappa shape index (κ1) is 37.3. The van der Waals surface area contributed by atoms with Gasteiger partial charge in [0.15, 0.2) is 0 Å². The quantitative estimate of drug-likeness (QED) is 0.0719. The first-order valence-electron chi connectivity index (χ1n) is 16.0. The van der Waals surface area contributed by atoms with Gasteiger partial charge in [-0.3, -0.25) is 4.79 Å². The number of benzene rings is 1. The third-order valence-corrected chi connectivity index (χ3v) is 6.45. The molecule has 1 aromatic carbocycles. The van der Waals surface area contributed by atoms with Crippen LogP contribution in [0.1, 0.15) is 90.0 Å². The van der Waals surface area contributed by atoms with Crippen LogP contribution in [0.4, 0.5) is 0 Å². The third-order valence-electron chi connectivity index (χ3n) is 6.45. The van der Waals surface area contributed by atoms with E-state index in [9.17, 15) is 4.79 Å². The zero-order valence-corrected chi connectivity index (χ0v) is 26.0. The van der Waals surface area contributed by atoms with Gasteiger partial charge >= 0.3 is 5.97 Å². The van der Waals surface area contributed by atoms with Crippen molar-refractivity contribution in [3.8, 4) is 5.75 Å². The summed E-state index contributed by atoms with van der Waals surface area (Å²) in [4.78, 5) is 11.5. The molecule has 0 aliphatic heterocycles. The van der Waals surface area contributed by atoms with Gasteiger partial charge in [0.2, 0.25) is 0 Å². The molecule has 41 heavy (non-hydrogen) atoms. The molecule has 0 bridgehead atoms. The van der Waals surface area contributed by atoms with E-state index in [4.69, 9.17) is 33.2 Å². The molecule has 8 nitrogen and oxygen atoms in total. The summed E-state index contributed by atoms with van der Waals surface area (Å²) in [5.41, 5.74) is 1.38. The monoisotopic (exact) mass is 582 g/mol. The van der Waals surface area contributed by atoms with E-state index in [-0.39, 0.29) is 5.97 Å². The van der Waals surface area contributed by atoms with Crippen molar-refractivity contribution in [2.24, 2.45) is 0 Å². The molecule has 0 spiro atoms. The lowest BCUT2D eigenvalue weighted by molar-refractivity contribution is -0.145. The Morgan fingerprint density at radius 3 is 1.49 bits per heavy atom. The minimum absolute atomic E-state index is 0.144. The van der Waals surface area contributed by atoms with Gasteiger partial charge in [0.05, 0.1) is 66.1 Å². The molecule has 0 amide bonds. The Hall–Kier alpha value is -1.71. The molecule has 0 fully saturated rings. The van der Waals surface area contributed by atoms with Crippen LogP contribution in [0.25, 0.3) is 0 Å². The number of aryl methyl sites for hydroxylation is 1. The standard InChI is InChI=1S/C33H58O8/c1-3-5-7-9-10-11-13-31-15-17-32(18-16-31)40-29-27-38-25-23-36-21-19-35-20-22-37-24-26-39-28-30-41-33(34)14-12-8-6-4-2/h15-18H,3-14,19-30H2,1-2H3. The number of carbonyl (C=O) groups excluding carboxylic acids is 1. The van der Waals surface area contributed by atoms with E-state index >= 15 is 0 Å². The van der Waals surface area contributed by atoms with Crippen molar-refractivity contribution in [1.29, 1.82) is 0 Å². The molecule has 0 aliphatic rings. The van der Waals surface area contributed by atoms with Crippen molar-refractivity contribution in [3.05, 3.63) is 29.8 Å². The lowest BCUT2D eigenvalue weighted by atomic mass is 10.0.